The van der Waals surface area contributed by atoms with Gasteiger partial charge in [-0.1, -0.05) is 0 Å². The average Bonchev–Trinajstić information content (AvgIpc) is 2.45. The first-order valence-electron chi connectivity index (χ1n) is 6.35. The number of hydrogen-bond donors (Lipinski definition) is 3. The summed E-state index contributed by atoms with van der Waals surface area (Å²) in [5, 5.41) is 4.48. The van der Waals surface area contributed by atoms with Gasteiger partial charge in [0.15, 0.2) is 6.61 Å². The van der Waals surface area contributed by atoms with E-state index in [2.05, 4.69) is 20.1 Å². The molecular weight excluding hydrogens is 316 g/mol. The lowest BCUT2D eigenvalue weighted by atomic mass is 10.3. The fourth-order valence-electron chi connectivity index (χ4n) is 1.45. The number of alkyl halides is 2. The van der Waals surface area contributed by atoms with Crippen LogP contribution in [0.1, 0.15) is 6.92 Å². The maximum Gasteiger partial charge on any atom is 0.387 e. The van der Waals surface area contributed by atoms with E-state index in [1.165, 1.54) is 31.2 Å². The molecule has 8 nitrogen and oxygen atoms in total. The molecule has 23 heavy (non-hydrogen) atoms. The first-order chi connectivity index (χ1) is 10.8. The third-order valence-electron chi connectivity index (χ3n) is 2.42. The second-order valence-corrected chi connectivity index (χ2v) is 4.29. The molecule has 0 radical (unpaired) electrons. The van der Waals surface area contributed by atoms with E-state index in [1.54, 1.807) is 0 Å². The lowest BCUT2D eigenvalue weighted by molar-refractivity contribution is -0.148. The minimum Gasteiger partial charge on any atom is -0.454 e. The van der Waals surface area contributed by atoms with E-state index in [1.807, 2.05) is 0 Å². The van der Waals surface area contributed by atoms with Gasteiger partial charge in [-0.25, -0.2) is 9.59 Å². The highest BCUT2D eigenvalue weighted by molar-refractivity contribution is 5.93. The van der Waals surface area contributed by atoms with Crippen LogP contribution in [0, 0.1) is 0 Å². The van der Waals surface area contributed by atoms with E-state index < -0.39 is 37.2 Å². The molecule has 0 aliphatic rings. The van der Waals surface area contributed by atoms with Crippen LogP contribution in [0.5, 0.6) is 5.75 Å². The second kappa shape index (κ2) is 8.51. The number of amides is 3. The van der Waals surface area contributed by atoms with Crippen molar-refractivity contribution < 1.29 is 32.6 Å². The third kappa shape index (κ3) is 7.07. The minimum absolute atomic E-state index is 0.0595. The Bertz CT molecular complexity index is 565. The highest BCUT2D eigenvalue weighted by atomic mass is 19.3. The van der Waals surface area contributed by atoms with Crippen molar-refractivity contribution in [2.45, 2.75) is 19.6 Å². The van der Waals surface area contributed by atoms with Crippen molar-refractivity contribution in [1.82, 2.24) is 5.32 Å². The topological polar surface area (TPSA) is 120 Å². The Balaban J connectivity index is 2.41. The molecule has 0 spiro atoms. The first kappa shape index (κ1) is 18.1. The molecule has 0 aromatic heterocycles. The molecule has 10 heteroatoms. The van der Waals surface area contributed by atoms with Crippen LogP contribution in [-0.4, -0.2) is 37.2 Å². The number of carbonyl (C=O) groups is 3. The van der Waals surface area contributed by atoms with Gasteiger partial charge in [-0.15, -0.1) is 0 Å². The summed E-state index contributed by atoms with van der Waals surface area (Å²) in [7, 11) is 0. The maximum absolute atomic E-state index is 12.0. The summed E-state index contributed by atoms with van der Waals surface area (Å²) in [5.74, 6) is -1.54. The normalized spacial score (nSPS) is 11.5. The van der Waals surface area contributed by atoms with Crippen molar-refractivity contribution in [3.8, 4) is 5.75 Å². The first-order valence-corrected chi connectivity index (χ1v) is 6.35. The number of nitrogens with one attached hydrogen (secondary N) is 2. The molecule has 0 saturated heterocycles. The summed E-state index contributed by atoms with van der Waals surface area (Å²) in [6, 6.07) is 3.28. The van der Waals surface area contributed by atoms with Crippen molar-refractivity contribution in [1.29, 1.82) is 0 Å². The van der Waals surface area contributed by atoms with Crippen molar-refractivity contribution in [3.63, 3.8) is 0 Å². The molecule has 1 aromatic rings. The fraction of sp³-hybridized carbons (Fsp3) is 0.308. The molecule has 1 atom stereocenters. The van der Waals surface area contributed by atoms with Crippen LogP contribution in [0.25, 0.3) is 0 Å². The van der Waals surface area contributed by atoms with Gasteiger partial charge in [0.1, 0.15) is 11.8 Å². The SMILES string of the molecule is C[C@H](NC(N)=O)C(=O)OCC(=O)Nc1ccc(OC(F)F)cc1. The van der Waals surface area contributed by atoms with Gasteiger partial charge in [0.2, 0.25) is 0 Å². The number of nitrogens with two attached hydrogens (primary N) is 1. The molecule has 4 N–H and O–H groups in total. The lowest BCUT2D eigenvalue weighted by Gasteiger charge is -2.12. The summed E-state index contributed by atoms with van der Waals surface area (Å²) in [4.78, 5) is 33.6. The maximum atomic E-state index is 12.0. The van der Waals surface area contributed by atoms with Gasteiger partial charge in [0.25, 0.3) is 5.91 Å². The Hall–Kier alpha value is -2.91. The predicted molar refractivity (Wildman–Crippen MR) is 74.8 cm³/mol. The Labute approximate surface area is 129 Å². The number of halogens is 2. The summed E-state index contributed by atoms with van der Waals surface area (Å²) in [6.07, 6.45) is 0. The van der Waals surface area contributed by atoms with Gasteiger partial charge in [0.05, 0.1) is 0 Å². The third-order valence-corrected chi connectivity index (χ3v) is 2.42. The molecule has 0 unspecified atom stereocenters. The van der Waals surface area contributed by atoms with Crippen LogP contribution in [0.2, 0.25) is 0 Å². The Morgan fingerprint density at radius 2 is 1.83 bits per heavy atom. The van der Waals surface area contributed by atoms with Gasteiger partial charge < -0.3 is 25.8 Å². The number of ether oxygens (including phenoxy) is 2. The minimum atomic E-state index is -2.94. The average molecular weight is 331 g/mol. The molecule has 0 heterocycles. The van der Waals surface area contributed by atoms with E-state index >= 15 is 0 Å². The summed E-state index contributed by atoms with van der Waals surface area (Å²) in [6.45, 7) is -2.18. The molecule has 0 bridgehead atoms. The highest BCUT2D eigenvalue weighted by Gasteiger charge is 2.17. The summed E-state index contributed by atoms with van der Waals surface area (Å²) < 4.78 is 32.8. The van der Waals surface area contributed by atoms with Crippen LogP contribution < -0.4 is 21.1 Å². The smallest absolute Gasteiger partial charge is 0.387 e. The number of primary amides is 1. The zero-order valence-electron chi connectivity index (χ0n) is 12.0. The van der Waals surface area contributed by atoms with E-state index in [0.29, 0.717) is 5.69 Å². The van der Waals surface area contributed by atoms with E-state index in [-0.39, 0.29) is 5.75 Å². The number of hydrogen-bond acceptors (Lipinski definition) is 5. The van der Waals surface area contributed by atoms with Crippen LogP contribution in [0.4, 0.5) is 19.3 Å². The molecule has 0 aliphatic carbocycles. The van der Waals surface area contributed by atoms with Gasteiger partial charge in [-0.05, 0) is 31.2 Å². The fourth-order valence-corrected chi connectivity index (χ4v) is 1.45. The van der Waals surface area contributed by atoms with Gasteiger partial charge in [0, 0.05) is 5.69 Å². The van der Waals surface area contributed by atoms with Crippen molar-refractivity contribution >= 4 is 23.6 Å². The van der Waals surface area contributed by atoms with E-state index in [0.717, 1.165) is 0 Å². The Kier molecular flexibility index (Phi) is 6.71. The van der Waals surface area contributed by atoms with Crippen LogP contribution in [-0.2, 0) is 14.3 Å². The Morgan fingerprint density at radius 3 is 2.35 bits per heavy atom. The highest BCUT2D eigenvalue weighted by Crippen LogP contribution is 2.17. The van der Waals surface area contributed by atoms with Crippen LogP contribution in [0.15, 0.2) is 24.3 Å². The number of rotatable bonds is 7. The van der Waals surface area contributed by atoms with Crippen LogP contribution >= 0.6 is 0 Å². The van der Waals surface area contributed by atoms with Gasteiger partial charge in [-0.2, -0.15) is 8.78 Å². The zero-order valence-corrected chi connectivity index (χ0v) is 12.0. The number of benzene rings is 1. The van der Waals surface area contributed by atoms with Gasteiger partial charge in [-0.3, -0.25) is 4.79 Å². The summed E-state index contributed by atoms with van der Waals surface area (Å²) in [5.41, 5.74) is 5.14. The standard InChI is InChI=1S/C13H15F2N3O5/c1-7(17-13(16)21)11(20)22-6-10(19)18-8-2-4-9(5-3-8)23-12(14)15/h2-5,7,12H,6H2,1H3,(H,18,19)(H3,16,17,21)/t7-/m0/s1. The largest absolute Gasteiger partial charge is 0.454 e. The number of anilines is 1. The molecule has 3 amide bonds. The predicted octanol–water partition coefficient (Wildman–Crippen LogP) is 0.827. The molecule has 0 fully saturated rings. The van der Waals surface area contributed by atoms with Crippen LogP contribution in [0.3, 0.4) is 0 Å². The molecule has 1 aromatic carbocycles. The molecule has 126 valence electrons. The van der Waals surface area contributed by atoms with Crippen molar-refractivity contribution in [3.05, 3.63) is 24.3 Å². The van der Waals surface area contributed by atoms with Crippen molar-refractivity contribution in [2.75, 3.05) is 11.9 Å². The molecule has 0 saturated carbocycles. The van der Waals surface area contributed by atoms with Crippen molar-refractivity contribution in [2.24, 2.45) is 5.73 Å². The number of urea groups is 1. The molecule has 1 rings (SSSR count). The van der Waals surface area contributed by atoms with E-state index in [9.17, 15) is 23.2 Å². The quantitative estimate of drug-likeness (QED) is 0.639. The monoisotopic (exact) mass is 331 g/mol. The zero-order chi connectivity index (χ0) is 17.4. The van der Waals surface area contributed by atoms with E-state index in [4.69, 9.17) is 5.73 Å². The number of esters is 1. The summed E-state index contributed by atoms with van der Waals surface area (Å²) >= 11 is 0. The molecule has 0 aliphatic heterocycles. The second-order valence-electron chi connectivity index (χ2n) is 4.29. The Morgan fingerprint density at radius 1 is 1.22 bits per heavy atom. The lowest BCUT2D eigenvalue weighted by Crippen LogP contribution is -2.43. The van der Waals surface area contributed by atoms with Gasteiger partial charge >= 0.3 is 18.6 Å². The number of carbonyl (C=O) groups excluding carboxylic acids is 3. The molecular formula is C13H15F2N3O5.